The van der Waals surface area contributed by atoms with Gasteiger partial charge in [0.15, 0.2) is 0 Å². The van der Waals surface area contributed by atoms with Gasteiger partial charge in [-0.25, -0.2) is 4.98 Å². The SMILES string of the molecule is Cc1ccccc1C(=O)N1CCC(N2CCCC(Nc3nccc(N4CCCCCC4)n3)C2)CC1. The van der Waals surface area contributed by atoms with Gasteiger partial charge in [0.25, 0.3) is 5.91 Å². The minimum Gasteiger partial charge on any atom is -0.356 e. The first-order valence-electron chi connectivity index (χ1n) is 13.6. The van der Waals surface area contributed by atoms with Crippen LogP contribution in [0.1, 0.15) is 67.3 Å². The van der Waals surface area contributed by atoms with Gasteiger partial charge in [0.2, 0.25) is 5.95 Å². The van der Waals surface area contributed by atoms with Crippen molar-refractivity contribution in [2.24, 2.45) is 0 Å². The molecular weight excluding hydrogens is 436 g/mol. The summed E-state index contributed by atoms with van der Waals surface area (Å²) in [7, 11) is 0. The predicted molar refractivity (Wildman–Crippen MR) is 141 cm³/mol. The van der Waals surface area contributed by atoms with Crippen molar-refractivity contribution in [2.45, 2.75) is 70.4 Å². The van der Waals surface area contributed by atoms with E-state index in [-0.39, 0.29) is 5.91 Å². The van der Waals surface area contributed by atoms with Gasteiger partial charge in [-0.05, 0) is 69.7 Å². The van der Waals surface area contributed by atoms with Crippen molar-refractivity contribution in [1.82, 2.24) is 19.8 Å². The van der Waals surface area contributed by atoms with E-state index in [1.807, 2.05) is 42.3 Å². The smallest absolute Gasteiger partial charge is 0.254 e. The fourth-order valence-electron chi connectivity index (χ4n) is 5.95. The number of carbonyl (C=O) groups is 1. The first kappa shape index (κ1) is 24.0. The lowest BCUT2D eigenvalue weighted by molar-refractivity contribution is 0.0579. The van der Waals surface area contributed by atoms with Gasteiger partial charge in [0.1, 0.15) is 5.82 Å². The number of piperidine rings is 2. The molecule has 7 heteroatoms. The normalized spacial score (nSPS) is 22.6. The van der Waals surface area contributed by atoms with Crippen molar-refractivity contribution in [3.05, 3.63) is 47.7 Å². The molecule has 3 aliphatic rings. The molecule has 0 spiro atoms. The van der Waals surface area contributed by atoms with Crippen LogP contribution in [0.2, 0.25) is 0 Å². The van der Waals surface area contributed by atoms with Gasteiger partial charge < -0.3 is 15.1 Å². The largest absolute Gasteiger partial charge is 0.356 e. The van der Waals surface area contributed by atoms with E-state index in [1.54, 1.807) is 0 Å². The quantitative estimate of drug-likeness (QED) is 0.692. The monoisotopic (exact) mass is 476 g/mol. The Balaban J connectivity index is 1.14. The van der Waals surface area contributed by atoms with E-state index in [0.29, 0.717) is 12.1 Å². The third kappa shape index (κ3) is 5.95. The first-order chi connectivity index (χ1) is 17.2. The molecule has 1 aromatic heterocycles. The second-order valence-corrected chi connectivity index (χ2v) is 10.5. The van der Waals surface area contributed by atoms with Crippen LogP contribution in [0.3, 0.4) is 0 Å². The minimum absolute atomic E-state index is 0.182. The number of amides is 1. The molecule has 0 saturated carbocycles. The number of hydrogen-bond acceptors (Lipinski definition) is 6. The Labute approximate surface area is 209 Å². The van der Waals surface area contributed by atoms with Crippen molar-refractivity contribution < 1.29 is 4.79 Å². The van der Waals surface area contributed by atoms with Gasteiger partial charge in [0, 0.05) is 56.6 Å². The van der Waals surface area contributed by atoms with Crippen molar-refractivity contribution in [1.29, 1.82) is 0 Å². The van der Waals surface area contributed by atoms with Crippen LogP contribution in [0.15, 0.2) is 36.5 Å². The maximum atomic E-state index is 13.0. The highest BCUT2D eigenvalue weighted by molar-refractivity contribution is 5.95. The molecule has 1 N–H and O–H groups in total. The Bertz CT molecular complexity index is 981. The third-order valence-corrected chi connectivity index (χ3v) is 8.00. The zero-order chi connectivity index (χ0) is 24.0. The van der Waals surface area contributed by atoms with Crippen LogP contribution in [0.25, 0.3) is 0 Å². The fourth-order valence-corrected chi connectivity index (χ4v) is 5.95. The van der Waals surface area contributed by atoms with Crippen molar-refractivity contribution in [3.8, 4) is 0 Å². The number of nitrogens with one attached hydrogen (secondary N) is 1. The average molecular weight is 477 g/mol. The summed E-state index contributed by atoms with van der Waals surface area (Å²) in [5.74, 6) is 2.00. The molecule has 3 fully saturated rings. The molecule has 3 saturated heterocycles. The Kier molecular flexibility index (Phi) is 7.82. The van der Waals surface area contributed by atoms with Crippen LogP contribution in [0.4, 0.5) is 11.8 Å². The molecule has 188 valence electrons. The Morgan fingerprint density at radius 2 is 1.69 bits per heavy atom. The van der Waals surface area contributed by atoms with E-state index >= 15 is 0 Å². The number of likely N-dealkylation sites (tertiary alicyclic amines) is 2. The molecule has 1 unspecified atom stereocenters. The highest BCUT2D eigenvalue weighted by Gasteiger charge is 2.31. The van der Waals surface area contributed by atoms with E-state index in [1.165, 1.54) is 32.1 Å². The van der Waals surface area contributed by atoms with E-state index in [4.69, 9.17) is 4.98 Å². The molecule has 3 aliphatic heterocycles. The summed E-state index contributed by atoms with van der Waals surface area (Å²) in [6.07, 6.45) is 11.5. The Morgan fingerprint density at radius 1 is 0.914 bits per heavy atom. The number of nitrogens with zero attached hydrogens (tertiary/aromatic N) is 5. The Hall–Kier alpha value is -2.67. The lowest BCUT2D eigenvalue weighted by Gasteiger charge is -2.42. The Morgan fingerprint density at radius 3 is 2.46 bits per heavy atom. The highest BCUT2D eigenvalue weighted by atomic mass is 16.2. The van der Waals surface area contributed by atoms with Crippen LogP contribution in [-0.2, 0) is 0 Å². The lowest BCUT2D eigenvalue weighted by Crippen LogP contribution is -2.52. The summed E-state index contributed by atoms with van der Waals surface area (Å²) < 4.78 is 0. The lowest BCUT2D eigenvalue weighted by atomic mass is 9.97. The zero-order valence-corrected chi connectivity index (χ0v) is 21.2. The fraction of sp³-hybridized carbons (Fsp3) is 0.607. The van der Waals surface area contributed by atoms with Crippen LogP contribution >= 0.6 is 0 Å². The molecule has 4 heterocycles. The predicted octanol–water partition coefficient (Wildman–Crippen LogP) is 4.35. The topological polar surface area (TPSA) is 64.6 Å². The van der Waals surface area contributed by atoms with E-state index in [0.717, 1.165) is 81.4 Å². The molecule has 35 heavy (non-hydrogen) atoms. The summed E-state index contributed by atoms with van der Waals surface area (Å²) in [5, 5.41) is 3.64. The van der Waals surface area contributed by atoms with Gasteiger partial charge in [-0.3, -0.25) is 9.69 Å². The molecule has 0 radical (unpaired) electrons. The third-order valence-electron chi connectivity index (χ3n) is 8.00. The van der Waals surface area contributed by atoms with Crippen LogP contribution in [0, 0.1) is 6.92 Å². The van der Waals surface area contributed by atoms with Gasteiger partial charge in [-0.1, -0.05) is 31.0 Å². The zero-order valence-electron chi connectivity index (χ0n) is 21.2. The van der Waals surface area contributed by atoms with E-state index in [2.05, 4.69) is 26.2 Å². The summed E-state index contributed by atoms with van der Waals surface area (Å²) in [6, 6.07) is 10.9. The summed E-state index contributed by atoms with van der Waals surface area (Å²) >= 11 is 0. The summed E-state index contributed by atoms with van der Waals surface area (Å²) in [4.78, 5) is 29.5. The van der Waals surface area contributed by atoms with E-state index in [9.17, 15) is 4.79 Å². The number of hydrogen-bond donors (Lipinski definition) is 1. The summed E-state index contributed by atoms with van der Waals surface area (Å²) in [5.41, 5.74) is 1.90. The second-order valence-electron chi connectivity index (χ2n) is 10.5. The molecular formula is C28H40N6O. The molecule has 1 atom stereocenters. The molecule has 5 rings (SSSR count). The summed E-state index contributed by atoms with van der Waals surface area (Å²) in [6.45, 7) is 8.06. The minimum atomic E-state index is 0.182. The number of aromatic nitrogens is 2. The van der Waals surface area contributed by atoms with Crippen molar-refractivity contribution >= 4 is 17.7 Å². The maximum absolute atomic E-state index is 13.0. The van der Waals surface area contributed by atoms with Crippen LogP contribution in [-0.4, -0.2) is 77.0 Å². The molecule has 7 nitrogen and oxygen atoms in total. The van der Waals surface area contributed by atoms with Crippen molar-refractivity contribution in [3.63, 3.8) is 0 Å². The van der Waals surface area contributed by atoms with Crippen LogP contribution < -0.4 is 10.2 Å². The molecule has 0 bridgehead atoms. The first-order valence-corrected chi connectivity index (χ1v) is 13.6. The molecule has 2 aromatic rings. The number of benzene rings is 1. The van der Waals surface area contributed by atoms with Crippen molar-refractivity contribution in [2.75, 3.05) is 49.5 Å². The molecule has 0 aliphatic carbocycles. The average Bonchev–Trinajstić information content (AvgIpc) is 3.19. The number of carbonyl (C=O) groups excluding carboxylic acids is 1. The highest BCUT2D eigenvalue weighted by Crippen LogP contribution is 2.24. The second kappa shape index (κ2) is 11.4. The van der Waals surface area contributed by atoms with Gasteiger partial charge in [-0.15, -0.1) is 0 Å². The number of anilines is 2. The number of rotatable bonds is 5. The van der Waals surface area contributed by atoms with Gasteiger partial charge in [0.05, 0.1) is 0 Å². The van der Waals surface area contributed by atoms with Crippen LogP contribution in [0.5, 0.6) is 0 Å². The van der Waals surface area contributed by atoms with E-state index < -0.39 is 0 Å². The maximum Gasteiger partial charge on any atom is 0.254 e. The van der Waals surface area contributed by atoms with Gasteiger partial charge >= 0.3 is 0 Å². The number of aryl methyl sites for hydroxylation is 1. The molecule has 1 amide bonds. The van der Waals surface area contributed by atoms with Gasteiger partial charge in [-0.2, -0.15) is 4.98 Å². The standard InChI is InChI=1S/C28H40N6O/c1-22-9-4-5-11-25(22)27(35)33-19-13-24(14-20-33)34-18-8-10-23(21-34)30-28-29-15-12-26(31-28)32-16-6-2-3-7-17-32/h4-5,9,11-12,15,23-24H,2-3,6-8,10,13-14,16-21H2,1H3,(H,29,30,31). The molecule has 1 aromatic carbocycles.